The third kappa shape index (κ3) is 3.52. The van der Waals surface area contributed by atoms with Gasteiger partial charge in [-0.15, -0.1) is 0 Å². The molecule has 8 heteroatoms. The fourth-order valence-electron chi connectivity index (χ4n) is 2.56. The van der Waals surface area contributed by atoms with Crippen molar-refractivity contribution in [2.45, 2.75) is 31.0 Å². The van der Waals surface area contributed by atoms with E-state index in [-0.39, 0.29) is 17.6 Å². The van der Waals surface area contributed by atoms with Gasteiger partial charge >= 0.3 is 5.97 Å². The Morgan fingerprint density at radius 3 is 3.00 bits per heavy atom. The number of carbonyl (C=O) groups excluding carboxylic acids is 1. The molecule has 0 aromatic heterocycles. The molecule has 0 bridgehead atoms. The Labute approximate surface area is 139 Å². The molecule has 1 N–H and O–H groups in total. The molecule has 23 heavy (non-hydrogen) atoms. The van der Waals surface area contributed by atoms with E-state index >= 15 is 0 Å². The summed E-state index contributed by atoms with van der Waals surface area (Å²) in [6.07, 6.45) is 4.08. The number of dihydropyridines is 1. The Morgan fingerprint density at radius 2 is 2.35 bits per heavy atom. The third-order valence-corrected chi connectivity index (χ3v) is 4.04. The monoisotopic (exact) mass is 341 g/mol. The van der Waals surface area contributed by atoms with Crippen molar-refractivity contribution >= 4 is 23.8 Å². The summed E-state index contributed by atoms with van der Waals surface area (Å²) in [7, 11) is 1.84. The zero-order valence-electron chi connectivity index (χ0n) is 13.1. The highest BCUT2D eigenvalue weighted by Crippen LogP contribution is 2.30. The zero-order chi connectivity index (χ0) is 16.4. The lowest BCUT2D eigenvalue weighted by Crippen LogP contribution is -2.40. The van der Waals surface area contributed by atoms with Gasteiger partial charge in [-0.25, -0.2) is 10.2 Å². The molecule has 0 aliphatic carbocycles. The van der Waals surface area contributed by atoms with E-state index in [4.69, 9.17) is 25.8 Å². The molecule has 3 aliphatic heterocycles. The number of carbonyl (C=O) groups is 1. The maximum atomic E-state index is 11.9. The van der Waals surface area contributed by atoms with Gasteiger partial charge in [0.05, 0.1) is 31.1 Å². The number of hydrogen-bond acceptors (Lipinski definition) is 7. The summed E-state index contributed by atoms with van der Waals surface area (Å²) in [4.78, 5) is 16.2. The molecule has 126 valence electrons. The number of nitrogens with zero attached hydrogens (tertiary/aromatic N) is 2. The first kappa shape index (κ1) is 16.3. The van der Waals surface area contributed by atoms with Crippen molar-refractivity contribution in [1.29, 1.82) is 0 Å². The normalized spacial score (nSPS) is 27.8. The number of alkyl halides is 1. The molecule has 1 saturated heterocycles. The number of likely N-dealkylation sites (N-methyl/N-ethyl adjacent to an activating group) is 1. The van der Waals surface area contributed by atoms with Crippen LogP contribution >= 0.6 is 11.6 Å². The van der Waals surface area contributed by atoms with Crippen LogP contribution in [0.2, 0.25) is 0 Å². The maximum absolute atomic E-state index is 11.9. The van der Waals surface area contributed by atoms with Crippen LogP contribution in [-0.4, -0.2) is 61.7 Å². The van der Waals surface area contributed by atoms with Gasteiger partial charge in [-0.05, 0) is 13.0 Å². The first-order valence-corrected chi connectivity index (χ1v) is 8.05. The number of allylic oxidation sites excluding steroid dienone is 1. The van der Waals surface area contributed by atoms with Crippen molar-refractivity contribution in [3.63, 3.8) is 0 Å². The molecule has 0 amide bonds. The van der Waals surface area contributed by atoms with Gasteiger partial charge in [0, 0.05) is 19.7 Å². The number of hydrazine groups is 1. The van der Waals surface area contributed by atoms with Crippen LogP contribution in [0.25, 0.3) is 0 Å². The van der Waals surface area contributed by atoms with Crippen molar-refractivity contribution in [3.05, 3.63) is 23.1 Å². The van der Waals surface area contributed by atoms with Crippen molar-refractivity contribution in [2.75, 3.05) is 26.9 Å². The smallest absolute Gasteiger partial charge is 0.329 e. The van der Waals surface area contributed by atoms with Gasteiger partial charge in [0.1, 0.15) is 23.4 Å². The summed E-state index contributed by atoms with van der Waals surface area (Å²) in [5.41, 5.74) is 4.37. The molecular weight excluding hydrogens is 322 g/mol. The highest BCUT2D eigenvalue weighted by Gasteiger charge is 2.32. The number of halogens is 1. The molecule has 3 heterocycles. The van der Waals surface area contributed by atoms with E-state index in [1.54, 1.807) is 18.1 Å². The summed E-state index contributed by atoms with van der Waals surface area (Å²) in [5.74, 6) is 0.463. The van der Waals surface area contributed by atoms with Crippen LogP contribution < -0.4 is 5.43 Å². The van der Waals surface area contributed by atoms with E-state index in [0.717, 1.165) is 17.0 Å². The zero-order valence-corrected chi connectivity index (χ0v) is 13.9. The summed E-state index contributed by atoms with van der Waals surface area (Å²) in [6.45, 7) is 3.29. The van der Waals surface area contributed by atoms with Gasteiger partial charge in [-0.1, -0.05) is 11.6 Å². The number of nitrogens with one attached hydrogen (secondary N) is 1. The number of ether oxygens (including phenoxy) is 3. The molecule has 2 atom stereocenters. The van der Waals surface area contributed by atoms with Crippen LogP contribution in [-0.2, 0) is 19.0 Å². The number of hydrogen-bond donors (Lipinski definition) is 1. The van der Waals surface area contributed by atoms with Crippen LogP contribution in [0.5, 0.6) is 0 Å². The average molecular weight is 342 g/mol. The van der Waals surface area contributed by atoms with E-state index in [9.17, 15) is 4.79 Å². The number of rotatable bonds is 5. The first-order chi connectivity index (χ1) is 11.1. The Morgan fingerprint density at radius 1 is 1.57 bits per heavy atom. The Bertz CT molecular complexity index is 571. The van der Waals surface area contributed by atoms with Gasteiger partial charge in [0.2, 0.25) is 0 Å². The second kappa shape index (κ2) is 6.90. The average Bonchev–Trinajstić information content (AvgIpc) is 2.85. The lowest BCUT2D eigenvalue weighted by atomic mass is 10.1. The summed E-state index contributed by atoms with van der Waals surface area (Å²) in [6, 6.07) is -0.516. The van der Waals surface area contributed by atoms with Gasteiger partial charge in [0.25, 0.3) is 0 Å². The highest BCUT2D eigenvalue weighted by molar-refractivity contribution is 6.21. The highest BCUT2D eigenvalue weighted by atomic mass is 35.5. The van der Waals surface area contributed by atoms with Crippen molar-refractivity contribution in [2.24, 2.45) is 4.99 Å². The quantitative estimate of drug-likeness (QED) is 0.456. The molecule has 0 aromatic carbocycles. The molecule has 3 rings (SSSR count). The lowest BCUT2D eigenvalue weighted by molar-refractivity contribution is -0.144. The minimum absolute atomic E-state index is 0.0523. The second-order valence-electron chi connectivity index (χ2n) is 5.50. The standard InChI is InChI=1S/C15H20ClN3O4/c1-3-22-15(20)11-4-12(19(2)18-11)10-6-17-14(16)5-13(10)23-9-7-21-8-9/h4,6,9,11,14,18H,3,5,7-8H2,1-2H3. The van der Waals surface area contributed by atoms with Crippen molar-refractivity contribution < 1.29 is 19.0 Å². The van der Waals surface area contributed by atoms with Crippen molar-refractivity contribution in [1.82, 2.24) is 10.4 Å². The number of esters is 1. The minimum Gasteiger partial charge on any atom is -0.489 e. The largest absolute Gasteiger partial charge is 0.489 e. The first-order valence-electron chi connectivity index (χ1n) is 7.62. The van der Waals surface area contributed by atoms with Crippen LogP contribution in [0.15, 0.2) is 28.1 Å². The van der Waals surface area contributed by atoms with E-state index < -0.39 is 6.04 Å². The predicted molar refractivity (Wildman–Crippen MR) is 84.9 cm³/mol. The predicted octanol–water partition coefficient (Wildman–Crippen LogP) is 0.961. The summed E-state index contributed by atoms with van der Waals surface area (Å²) < 4.78 is 16.2. The molecule has 0 spiro atoms. The molecular formula is C15H20ClN3O4. The SMILES string of the molecule is CCOC(=O)C1C=C(C2=C(OC3COC3)CC(Cl)N=C2)N(C)N1. The molecule has 0 radical (unpaired) electrons. The summed E-state index contributed by atoms with van der Waals surface area (Å²) >= 11 is 6.12. The van der Waals surface area contributed by atoms with E-state index in [1.807, 2.05) is 13.1 Å². The Balaban J connectivity index is 1.83. The van der Waals surface area contributed by atoms with E-state index in [2.05, 4.69) is 10.4 Å². The molecule has 3 aliphatic rings. The maximum Gasteiger partial charge on any atom is 0.329 e. The number of aliphatic imine (C=N–C) groups is 1. The van der Waals surface area contributed by atoms with E-state index in [1.165, 1.54) is 0 Å². The fourth-order valence-corrected chi connectivity index (χ4v) is 2.75. The van der Waals surface area contributed by atoms with Crippen LogP contribution in [0.4, 0.5) is 0 Å². The topological polar surface area (TPSA) is 72.4 Å². The van der Waals surface area contributed by atoms with Gasteiger partial charge in [0.15, 0.2) is 0 Å². The fraction of sp³-hybridized carbons (Fsp3) is 0.600. The van der Waals surface area contributed by atoms with Crippen LogP contribution in [0, 0.1) is 0 Å². The summed E-state index contributed by atoms with van der Waals surface area (Å²) in [5, 5.41) is 1.78. The molecule has 0 saturated carbocycles. The van der Waals surface area contributed by atoms with E-state index in [0.29, 0.717) is 26.2 Å². The molecule has 2 unspecified atom stereocenters. The molecule has 1 fully saturated rings. The van der Waals surface area contributed by atoms with Gasteiger partial charge < -0.3 is 19.2 Å². The minimum atomic E-state index is -0.516. The lowest BCUT2D eigenvalue weighted by Gasteiger charge is -2.31. The Kier molecular flexibility index (Phi) is 4.89. The Hall–Kier alpha value is -1.57. The molecule has 0 aromatic rings. The van der Waals surface area contributed by atoms with Gasteiger partial charge in [-0.3, -0.25) is 4.99 Å². The van der Waals surface area contributed by atoms with Gasteiger partial charge in [-0.2, -0.15) is 0 Å². The van der Waals surface area contributed by atoms with Crippen LogP contribution in [0.3, 0.4) is 0 Å². The third-order valence-electron chi connectivity index (χ3n) is 3.77. The molecule has 7 nitrogen and oxygen atoms in total. The van der Waals surface area contributed by atoms with Crippen LogP contribution in [0.1, 0.15) is 13.3 Å². The van der Waals surface area contributed by atoms with Crippen molar-refractivity contribution in [3.8, 4) is 0 Å². The second-order valence-corrected chi connectivity index (χ2v) is 6.00.